The van der Waals surface area contributed by atoms with Gasteiger partial charge in [0.05, 0.1) is 32.4 Å². The molecule has 1 fully saturated rings. The van der Waals surface area contributed by atoms with Crippen LogP contribution >= 0.6 is 0 Å². The molecular formula is C24H26FNO5. The van der Waals surface area contributed by atoms with Crippen LogP contribution in [0, 0.1) is 5.82 Å². The fourth-order valence-electron chi connectivity index (χ4n) is 4.12. The number of aromatic amines is 1. The van der Waals surface area contributed by atoms with Crippen molar-refractivity contribution in [1.29, 1.82) is 0 Å². The second-order valence-corrected chi connectivity index (χ2v) is 7.52. The van der Waals surface area contributed by atoms with Gasteiger partial charge in [-0.2, -0.15) is 0 Å². The second-order valence-electron chi connectivity index (χ2n) is 7.52. The van der Waals surface area contributed by atoms with Crippen LogP contribution in [0.5, 0.6) is 17.2 Å². The molecule has 0 unspecified atom stereocenters. The molecule has 1 aliphatic rings. The lowest BCUT2D eigenvalue weighted by Crippen LogP contribution is -2.11. The van der Waals surface area contributed by atoms with E-state index in [1.807, 2.05) is 12.1 Å². The number of fused-ring (bicyclic) bond motifs is 1. The highest BCUT2D eigenvalue weighted by Gasteiger charge is 2.24. The predicted molar refractivity (Wildman–Crippen MR) is 116 cm³/mol. The molecule has 0 saturated heterocycles. The number of esters is 1. The SMILES string of the molecule is CCOC(=O)c1[nH]c2cc(OC3CCCC3)c(OC)cc2c1-c1ccc(OC)c(F)c1. The Labute approximate surface area is 180 Å². The monoisotopic (exact) mass is 427 g/mol. The fraction of sp³-hybridized carbons (Fsp3) is 0.375. The first-order valence-electron chi connectivity index (χ1n) is 10.5. The van der Waals surface area contributed by atoms with E-state index in [2.05, 4.69) is 4.98 Å². The van der Waals surface area contributed by atoms with Crippen molar-refractivity contribution in [1.82, 2.24) is 4.98 Å². The number of benzene rings is 2. The summed E-state index contributed by atoms with van der Waals surface area (Å²) in [7, 11) is 2.98. The van der Waals surface area contributed by atoms with E-state index in [1.165, 1.54) is 19.2 Å². The lowest BCUT2D eigenvalue weighted by Gasteiger charge is -2.16. The van der Waals surface area contributed by atoms with Crippen molar-refractivity contribution in [3.05, 3.63) is 41.8 Å². The molecule has 1 aliphatic carbocycles. The van der Waals surface area contributed by atoms with Gasteiger partial charge < -0.3 is 23.9 Å². The Morgan fingerprint density at radius 2 is 1.81 bits per heavy atom. The molecule has 0 atom stereocenters. The van der Waals surface area contributed by atoms with Gasteiger partial charge in [0, 0.05) is 17.0 Å². The van der Waals surface area contributed by atoms with Crippen LogP contribution in [0.2, 0.25) is 0 Å². The average Bonchev–Trinajstić information content (AvgIpc) is 3.40. The van der Waals surface area contributed by atoms with Crippen LogP contribution in [-0.4, -0.2) is 37.9 Å². The number of ether oxygens (including phenoxy) is 4. The van der Waals surface area contributed by atoms with Gasteiger partial charge in [0.1, 0.15) is 5.69 Å². The highest BCUT2D eigenvalue weighted by atomic mass is 19.1. The summed E-state index contributed by atoms with van der Waals surface area (Å²) >= 11 is 0. The average molecular weight is 427 g/mol. The van der Waals surface area contributed by atoms with E-state index in [-0.39, 0.29) is 24.2 Å². The van der Waals surface area contributed by atoms with Gasteiger partial charge in [-0.1, -0.05) is 6.07 Å². The van der Waals surface area contributed by atoms with Gasteiger partial charge in [0.25, 0.3) is 0 Å². The van der Waals surface area contributed by atoms with E-state index in [1.54, 1.807) is 20.1 Å². The van der Waals surface area contributed by atoms with Crippen molar-refractivity contribution < 1.29 is 28.1 Å². The van der Waals surface area contributed by atoms with Crippen LogP contribution in [0.3, 0.4) is 0 Å². The first kappa shape index (κ1) is 21.0. The number of rotatable bonds is 7. The number of hydrogen-bond acceptors (Lipinski definition) is 5. The molecule has 0 spiro atoms. The van der Waals surface area contributed by atoms with Crippen LogP contribution < -0.4 is 14.2 Å². The molecule has 6 nitrogen and oxygen atoms in total. The Morgan fingerprint density at radius 1 is 1.06 bits per heavy atom. The van der Waals surface area contributed by atoms with Gasteiger partial charge in [-0.05, 0) is 56.4 Å². The maximum atomic E-state index is 14.5. The van der Waals surface area contributed by atoms with Crippen molar-refractivity contribution in [2.75, 3.05) is 20.8 Å². The van der Waals surface area contributed by atoms with Crippen molar-refractivity contribution in [2.45, 2.75) is 38.7 Å². The van der Waals surface area contributed by atoms with E-state index < -0.39 is 11.8 Å². The molecule has 1 aromatic heterocycles. The number of nitrogens with one attached hydrogen (secondary N) is 1. The lowest BCUT2D eigenvalue weighted by atomic mass is 10.0. The van der Waals surface area contributed by atoms with E-state index in [0.29, 0.717) is 33.5 Å². The number of halogens is 1. The van der Waals surface area contributed by atoms with Gasteiger partial charge >= 0.3 is 5.97 Å². The van der Waals surface area contributed by atoms with Crippen LogP contribution in [0.25, 0.3) is 22.0 Å². The van der Waals surface area contributed by atoms with Gasteiger partial charge in [0.2, 0.25) is 0 Å². The van der Waals surface area contributed by atoms with Crippen molar-refractivity contribution in [3.8, 4) is 28.4 Å². The van der Waals surface area contributed by atoms with E-state index in [9.17, 15) is 9.18 Å². The number of methoxy groups -OCH3 is 2. The molecular weight excluding hydrogens is 401 g/mol. The zero-order valence-electron chi connectivity index (χ0n) is 17.9. The predicted octanol–water partition coefficient (Wildman–Crippen LogP) is 5.49. The molecule has 2 aromatic carbocycles. The molecule has 1 saturated carbocycles. The Balaban J connectivity index is 1.88. The molecule has 0 amide bonds. The summed E-state index contributed by atoms with van der Waals surface area (Å²) in [6.45, 7) is 1.97. The number of carbonyl (C=O) groups excluding carboxylic acids is 1. The normalized spacial score (nSPS) is 14.1. The van der Waals surface area contributed by atoms with Crippen LogP contribution in [0.15, 0.2) is 30.3 Å². The Hall–Kier alpha value is -3.22. The highest BCUT2D eigenvalue weighted by Crippen LogP contribution is 2.41. The van der Waals surface area contributed by atoms with Gasteiger partial charge in [-0.15, -0.1) is 0 Å². The van der Waals surface area contributed by atoms with Crippen molar-refractivity contribution in [3.63, 3.8) is 0 Å². The van der Waals surface area contributed by atoms with Crippen molar-refractivity contribution >= 4 is 16.9 Å². The first-order chi connectivity index (χ1) is 15.0. The molecule has 1 heterocycles. The Bertz CT molecular complexity index is 1100. The van der Waals surface area contributed by atoms with Crippen LogP contribution in [0.4, 0.5) is 4.39 Å². The minimum atomic E-state index is -0.516. The molecule has 7 heteroatoms. The minimum absolute atomic E-state index is 0.131. The third-order valence-corrected chi connectivity index (χ3v) is 5.60. The van der Waals surface area contributed by atoms with Gasteiger partial charge in [0.15, 0.2) is 23.1 Å². The topological polar surface area (TPSA) is 69.8 Å². The van der Waals surface area contributed by atoms with Crippen LogP contribution in [0.1, 0.15) is 43.1 Å². The molecule has 3 aromatic rings. The quantitative estimate of drug-likeness (QED) is 0.505. The molecule has 0 aliphatic heterocycles. The third-order valence-electron chi connectivity index (χ3n) is 5.60. The highest BCUT2D eigenvalue weighted by molar-refractivity contribution is 6.08. The molecule has 164 valence electrons. The minimum Gasteiger partial charge on any atom is -0.494 e. The van der Waals surface area contributed by atoms with Gasteiger partial charge in [-0.3, -0.25) is 0 Å². The Kier molecular flexibility index (Phi) is 6.02. The number of aromatic nitrogens is 1. The molecule has 4 rings (SSSR count). The maximum Gasteiger partial charge on any atom is 0.355 e. The van der Waals surface area contributed by atoms with E-state index >= 15 is 0 Å². The lowest BCUT2D eigenvalue weighted by molar-refractivity contribution is 0.0521. The summed E-state index contributed by atoms with van der Waals surface area (Å²) in [4.78, 5) is 15.8. The molecule has 1 N–H and O–H groups in total. The zero-order chi connectivity index (χ0) is 22.0. The smallest absolute Gasteiger partial charge is 0.355 e. The standard InChI is InChI=1S/C24H26FNO5/c1-4-30-24(27)23-22(14-9-10-19(28-2)17(25)11-14)16-12-20(29-3)21(13-18(16)26-23)31-15-7-5-6-8-15/h9-13,15,26H,4-8H2,1-3H3. The number of H-pyrrole nitrogens is 1. The van der Waals surface area contributed by atoms with Crippen molar-refractivity contribution in [2.24, 2.45) is 0 Å². The summed E-state index contributed by atoms with van der Waals surface area (Å²) in [5, 5.41) is 0.711. The fourth-order valence-corrected chi connectivity index (χ4v) is 4.12. The second kappa shape index (κ2) is 8.88. The third kappa shape index (κ3) is 4.04. The summed E-state index contributed by atoms with van der Waals surface area (Å²) in [6, 6.07) is 8.24. The summed E-state index contributed by atoms with van der Waals surface area (Å²) in [5.74, 6) is 0.278. The Morgan fingerprint density at radius 3 is 2.45 bits per heavy atom. The first-order valence-corrected chi connectivity index (χ1v) is 10.5. The maximum absolute atomic E-state index is 14.5. The van der Waals surface area contributed by atoms with Gasteiger partial charge in [-0.25, -0.2) is 9.18 Å². The number of hydrogen-bond donors (Lipinski definition) is 1. The number of carbonyl (C=O) groups is 1. The molecule has 0 radical (unpaired) electrons. The van der Waals surface area contributed by atoms with E-state index in [4.69, 9.17) is 18.9 Å². The van der Waals surface area contributed by atoms with E-state index in [0.717, 1.165) is 25.7 Å². The summed E-state index contributed by atoms with van der Waals surface area (Å²) in [6.07, 6.45) is 4.48. The summed E-state index contributed by atoms with van der Waals surface area (Å²) in [5.41, 5.74) is 2.00. The van der Waals surface area contributed by atoms with Crippen LogP contribution in [-0.2, 0) is 4.74 Å². The molecule has 31 heavy (non-hydrogen) atoms. The summed E-state index contributed by atoms with van der Waals surface area (Å²) < 4.78 is 36.5. The molecule has 0 bridgehead atoms. The zero-order valence-corrected chi connectivity index (χ0v) is 17.9. The largest absolute Gasteiger partial charge is 0.494 e.